The van der Waals surface area contributed by atoms with E-state index in [1.807, 2.05) is 42.5 Å². The molecule has 1 aromatic heterocycles. The Morgan fingerprint density at radius 1 is 1.06 bits per heavy atom. The minimum absolute atomic E-state index is 0.0356. The third-order valence-electron chi connectivity index (χ3n) is 6.14. The van der Waals surface area contributed by atoms with E-state index in [4.69, 9.17) is 9.40 Å². The fourth-order valence-corrected chi connectivity index (χ4v) is 4.89. The van der Waals surface area contributed by atoms with Crippen LogP contribution in [0, 0.1) is 0 Å². The highest BCUT2D eigenvalue weighted by molar-refractivity contribution is 7.98. The molecule has 0 atom stereocenters. The van der Waals surface area contributed by atoms with Gasteiger partial charge in [-0.3, -0.25) is 4.79 Å². The number of carbonyl (C=O) groups excluding carboxylic acids is 1. The van der Waals surface area contributed by atoms with Crippen LogP contribution in [0.15, 0.2) is 63.9 Å². The van der Waals surface area contributed by atoms with E-state index in [2.05, 4.69) is 41.2 Å². The lowest BCUT2D eigenvalue weighted by Crippen LogP contribution is -2.45. The van der Waals surface area contributed by atoms with E-state index in [9.17, 15) is 4.79 Å². The molecule has 2 heterocycles. The molecule has 34 heavy (non-hydrogen) atoms. The molecule has 3 aromatic rings. The highest BCUT2D eigenvalue weighted by Gasteiger charge is 2.15. The van der Waals surface area contributed by atoms with Crippen molar-refractivity contribution in [2.24, 2.45) is 0 Å². The van der Waals surface area contributed by atoms with Crippen molar-refractivity contribution in [3.63, 3.8) is 0 Å². The van der Waals surface area contributed by atoms with E-state index in [0.717, 1.165) is 68.3 Å². The number of likely N-dealkylation sites (N-methyl/N-ethyl adjacent to an activating group) is 1. The summed E-state index contributed by atoms with van der Waals surface area (Å²) in [5.41, 5.74) is 2.52. The van der Waals surface area contributed by atoms with Crippen molar-refractivity contribution in [1.82, 2.24) is 20.1 Å². The third kappa shape index (κ3) is 6.72. The van der Waals surface area contributed by atoms with Crippen molar-refractivity contribution in [3.8, 4) is 11.5 Å². The number of oxazole rings is 1. The SMILES string of the molecule is CCc1oc(-c2ccc(C(=O)NCCCN3CCN(C)CC3)cc2)nc1CSc1ccccc1. The Labute approximate surface area is 206 Å². The number of benzene rings is 2. The molecule has 0 spiro atoms. The number of hydrogen-bond acceptors (Lipinski definition) is 6. The summed E-state index contributed by atoms with van der Waals surface area (Å²) in [6.45, 7) is 8.26. The first-order chi connectivity index (χ1) is 16.6. The molecule has 0 aliphatic carbocycles. The lowest BCUT2D eigenvalue weighted by molar-refractivity contribution is 0.0949. The molecule has 4 rings (SSSR count). The zero-order valence-electron chi connectivity index (χ0n) is 20.1. The van der Waals surface area contributed by atoms with E-state index >= 15 is 0 Å². The molecule has 1 aliphatic heterocycles. The molecule has 6 nitrogen and oxygen atoms in total. The van der Waals surface area contributed by atoms with Crippen molar-refractivity contribution >= 4 is 17.7 Å². The van der Waals surface area contributed by atoms with Crippen LogP contribution in [0.1, 0.15) is 35.2 Å². The summed E-state index contributed by atoms with van der Waals surface area (Å²) in [4.78, 5) is 23.3. The minimum atomic E-state index is -0.0356. The van der Waals surface area contributed by atoms with Crippen molar-refractivity contribution in [3.05, 3.63) is 71.6 Å². The molecule has 2 aromatic carbocycles. The van der Waals surface area contributed by atoms with Gasteiger partial charge in [-0.2, -0.15) is 0 Å². The normalized spacial score (nSPS) is 14.9. The standard InChI is InChI=1S/C27H34N4O2S/c1-3-25-24(20-34-23-8-5-4-6-9-23)29-27(33-25)22-12-10-21(11-13-22)26(32)28-14-7-15-31-18-16-30(2)17-19-31/h4-6,8-13H,3,7,14-20H2,1-2H3,(H,28,32). The first-order valence-corrected chi connectivity index (χ1v) is 13.1. The summed E-state index contributed by atoms with van der Waals surface area (Å²) in [5, 5.41) is 3.04. The average Bonchev–Trinajstić information content (AvgIpc) is 3.30. The van der Waals surface area contributed by atoms with Gasteiger partial charge in [0.05, 0.1) is 5.69 Å². The molecule has 1 fully saturated rings. The topological polar surface area (TPSA) is 61.6 Å². The van der Waals surface area contributed by atoms with Gasteiger partial charge in [0.15, 0.2) is 0 Å². The number of carbonyl (C=O) groups is 1. The Kier molecular flexibility index (Phi) is 8.79. The maximum Gasteiger partial charge on any atom is 0.251 e. The van der Waals surface area contributed by atoms with Crippen LogP contribution in [0.3, 0.4) is 0 Å². The molecule has 1 saturated heterocycles. The summed E-state index contributed by atoms with van der Waals surface area (Å²) in [5.74, 6) is 2.26. The molecule has 1 amide bonds. The van der Waals surface area contributed by atoms with Gasteiger partial charge in [0.25, 0.3) is 5.91 Å². The Morgan fingerprint density at radius 2 is 1.79 bits per heavy atom. The zero-order valence-corrected chi connectivity index (χ0v) is 20.9. The predicted octanol–water partition coefficient (Wildman–Crippen LogP) is 4.56. The second kappa shape index (κ2) is 12.2. The monoisotopic (exact) mass is 478 g/mol. The van der Waals surface area contributed by atoms with Crippen LogP contribution in [0.25, 0.3) is 11.5 Å². The second-order valence-corrected chi connectivity index (χ2v) is 9.72. The van der Waals surface area contributed by atoms with Gasteiger partial charge in [-0.25, -0.2) is 4.98 Å². The van der Waals surface area contributed by atoms with Crippen LogP contribution < -0.4 is 5.32 Å². The number of thioether (sulfide) groups is 1. The van der Waals surface area contributed by atoms with E-state index in [1.165, 1.54) is 4.90 Å². The number of nitrogens with zero attached hydrogens (tertiary/aromatic N) is 3. The molecule has 0 unspecified atom stereocenters. The van der Waals surface area contributed by atoms with Gasteiger partial charge >= 0.3 is 0 Å². The second-order valence-electron chi connectivity index (χ2n) is 8.68. The molecule has 7 heteroatoms. The number of amides is 1. The van der Waals surface area contributed by atoms with Crippen LogP contribution in [0.2, 0.25) is 0 Å². The van der Waals surface area contributed by atoms with Crippen LogP contribution in [0.5, 0.6) is 0 Å². The van der Waals surface area contributed by atoms with Crippen molar-refractivity contribution in [2.45, 2.75) is 30.4 Å². The number of hydrogen-bond donors (Lipinski definition) is 1. The molecular formula is C27H34N4O2S. The maximum absolute atomic E-state index is 12.5. The van der Waals surface area contributed by atoms with Gasteiger partial charge in [-0.1, -0.05) is 25.1 Å². The fourth-order valence-electron chi connectivity index (χ4n) is 4.01. The van der Waals surface area contributed by atoms with Gasteiger partial charge in [-0.05, 0) is 56.4 Å². The third-order valence-corrected chi connectivity index (χ3v) is 7.17. The lowest BCUT2D eigenvalue weighted by atomic mass is 10.1. The average molecular weight is 479 g/mol. The number of aryl methyl sites for hydroxylation is 1. The van der Waals surface area contributed by atoms with Gasteiger partial charge in [-0.15, -0.1) is 11.8 Å². The summed E-state index contributed by atoms with van der Waals surface area (Å²) in [7, 11) is 2.16. The van der Waals surface area contributed by atoms with Crippen molar-refractivity contribution < 1.29 is 9.21 Å². The van der Waals surface area contributed by atoms with Crippen LogP contribution in [0.4, 0.5) is 0 Å². The predicted molar refractivity (Wildman–Crippen MR) is 138 cm³/mol. The zero-order chi connectivity index (χ0) is 23.8. The largest absolute Gasteiger partial charge is 0.441 e. The van der Waals surface area contributed by atoms with Crippen molar-refractivity contribution in [2.75, 3.05) is 46.3 Å². The van der Waals surface area contributed by atoms with E-state index < -0.39 is 0 Å². The van der Waals surface area contributed by atoms with Crippen molar-refractivity contribution in [1.29, 1.82) is 0 Å². The minimum Gasteiger partial charge on any atom is -0.441 e. The van der Waals surface area contributed by atoms with E-state index in [1.54, 1.807) is 11.8 Å². The van der Waals surface area contributed by atoms with Crippen LogP contribution in [-0.2, 0) is 12.2 Å². The molecular weight excluding hydrogens is 444 g/mol. The highest BCUT2D eigenvalue weighted by Crippen LogP contribution is 2.28. The Hall–Kier alpha value is -2.61. The number of piperazine rings is 1. The smallest absolute Gasteiger partial charge is 0.251 e. The number of rotatable bonds is 10. The fraction of sp³-hybridized carbons (Fsp3) is 0.407. The Morgan fingerprint density at radius 3 is 2.50 bits per heavy atom. The summed E-state index contributed by atoms with van der Waals surface area (Å²) in [6.07, 6.45) is 1.76. The van der Waals surface area contributed by atoms with Gasteiger partial charge in [0.1, 0.15) is 5.76 Å². The van der Waals surface area contributed by atoms with Gasteiger partial charge in [0, 0.05) is 60.9 Å². The molecule has 180 valence electrons. The van der Waals surface area contributed by atoms with E-state index in [0.29, 0.717) is 18.0 Å². The van der Waals surface area contributed by atoms with E-state index in [-0.39, 0.29) is 5.91 Å². The number of aromatic nitrogens is 1. The quantitative estimate of drug-likeness (QED) is 0.340. The molecule has 0 saturated carbocycles. The Bertz CT molecular complexity index is 1040. The maximum atomic E-state index is 12.5. The van der Waals surface area contributed by atoms with Gasteiger partial charge < -0.3 is 19.5 Å². The summed E-state index contributed by atoms with van der Waals surface area (Å²) in [6, 6.07) is 17.8. The van der Waals surface area contributed by atoms with Crippen LogP contribution >= 0.6 is 11.8 Å². The Balaban J connectivity index is 1.28. The summed E-state index contributed by atoms with van der Waals surface area (Å²) < 4.78 is 6.05. The molecule has 1 N–H and O–H groups in total. The first kappa shape index (κ1) is 24.5. The highest BCUT2D eigenvalue weighted by atomic mass is 32.2. The molecule has 0 bridgehead atoms. The summed E-state index contributed by atoms with van der Waals surface area (Å²) >= 11 is 1.76. The molecule has 0 radical (unpaired) electrons. The van der Waals surface area contributed by atoms with Gasteiger partial charge in [0.2, 0.25) is 5.89 Å². The molecule has 1 aliphatic rings. The number of nitrogens with one attached hydrogen (secondary N) is 1. The lowest BCUT2D eigenvalue weighted by Gasteiger charge is -2.32. The first-order valence-electron chi connectivity index (χ1n) is 12.1. The van der Waals surface area contributed by atoms with Crippen LogP contribution in [-0.4, -0.2) is 67.0 Å².